The number of hydrogen-bond donors (Lipinski definition) is 2. The molecule has 19 heavy (non-hydrogen) atoms. The van der Waals surface area contributed by atoms with Gasteiger partial charge in [-0.25, -0.2) is 9.18 Å². The van der Waals surface area contributed by atoms with Crippen LogP contribution in [0.2, 0.25) is 0 Å². The maximum absolute atomic E-state index is 13.1. The molecule has 0 aliphatic heterocycles. The lowest BCUT2D eigenvalue weighted by Gasteiger charge is -2.26. The number of carbonyl (C=O) groups is 2. The van der Waals surface area contributed by atoms with Gasteiger partial charge in [-0.2, -0.15) is 0 Å². The monoisotopic (exact) mass is 329 g/mol. The van der Waals surface area contributed by atoms with Gasteiger partial charge in [0.25, 0.3) is 5.91 Å². The second-order valence-corrected chi connectivity index (χ2v) is 5.72. The minimum atomic E-state index is -1.27. The number of benzene rings is 1. The Balaban J connectivity index is 2.20. The fraction of sp³-hybridized carbons (Fsp3) is 0.385. The molecular formula is C13H13BrFNO3. The molecule has 1 aromatic rings. The number of rotatable bonds is 4. The average molecular weight is 330 g/mol. The van der Waals surface area contributed by atoms with Crippen LogP contribution in [0.25, 0.3) is 0 Å². The summed E-state index contributed by atoms with van der Waals surface area (Å²) in [6.45, 7) is 1.50. The number of nitrogens with one attached hydrogen (secondary N) is 1. The maximum atomic E-state index is 13.1. The first-order valence-corrected chi connectivity index (χ1v) is 6.65. The first-order chi connectivity index (χ1) is 8.84. The summed E-state index contributed by atoms with van der Waals surface area (Å²) in [7, 11) is 0. The molecule has 6 heteroatoms. The second kappa shape index (κ2) is 4.92. The zero-order valence-corrected chi connectivity index (χ0v) is 11.8. The lowest BCUT2D eigenvalue weighted by atomic mass is 9.95. The Kier molecular flexibility index (Phi) is 3.62. The Labute approximate surface area is 118 Å². The Hall–Kier alpha value is -1.43. The predicted molar refractivity (Wildman–Crippen MR) is 70.3 cm³/mol. The minimum Gasteiger partial charge on any atom is -0.480 e. The van der Waals surface area contributed by atoms with E-state index < -0.39 is 23.2 Å². The Bertz CT molecular complexity index is 545. The number of amides is 1. The summed E-state index contributed by atoms with van der Waals surface area (Å²) >= 11 is 2.99. The van der Waals surface area contributed by atoms with Gasteiger partial charge in [0.05, 0.1) is 4.47 Å². The van der Waals surface area contributed by atoms with Gasteiger partial charge < -0.3 is 10.4 Å². The number of halogens is 2. The SMILES string of the molecule is CC(NC(=O)c1ccc(F)c(Br)c1)(C(=O)O)C1CC1. The minimum absolute atomic E-state index is 0.0437. The van der Waals surface area contributed by atoms with Crippen molar-refractivity contribution in [1.82, 2.24) is 5.32 Å². The molecule has 1 unspecified atom stereocenters. The molecule has 1 saturated carbocycles. The standard InChI is InChI=1S/C13H13BrFNO3/c1-13(12(18)19,8-3-4-8)16-11(17)7-2-5-10(15)9(14)6-7/h2,5-6,8H,3-4H2,1H3,(H,16,17)(H,18,19). The zero-order valence-electron chi connectivity index (χ0n) is 10.2. The predicted octanol–water partition coefficient (Wildman–Crippen LogP) is 2.57. The van der Waals surface area contributed by atoms with Crippen molar-refractivity contribution >= 4 is 27.8 Å². The van der Waals surface area contributed by atoms with E-state index in [-0.39, 0.29) is 16.0 Å². The molecule has 1 amide bonds. The first-order valence-electron chi connectivity index (χ1n) is 5.85. The third-order valence-electron chi connectivity index (χ3n) is 3.39. The van der Waals surface area contributed by atoms with Gasteiger partial charge in [-0.15, -0.1) is 0 Å². The summed E-state index contributed by atoms with van der Waals surface area (Å²) in [5, 5.41) is 11.8. The lowest BCUT2D eigenvalue weighted by molar-refractivity contribution is -0.144. The Morgan fingerprint density at radius 2 is 2.11 bits per heavy atom. The molecule has 0 bridgehead atoms. The van der Waals surface area contributed by atoms with E-state index >= 15 is 0 Å². The largest absolute Gasteiger partial charge is 0.480 e. The molecule has 0 saturated heterocycles. The average Bonchev–Trinajstić information content (AvgIpc) is 3.16. The highest BCUT2D eigenvalue weighted by Gasteiger charge is 2.48. The van der Waals surface area contributed by atoms with Crippen LogP contribution in [0.15, 0.2) is 22.7 Å². The number of carboxylic acids is 1. The van der Waals surface area contributed by atoms with Crippen molar-refractivity contribution in [1.29, 1.82) is 0 Å². The Morgan fingerprint density at radius 1 is 1.47 bits per heavy atom. The van der Waals surface area contributed by atoms with Gasteiger partial charge in [-0.1, -0.05) is 0 Å². The lowest BCUT2D eigenvalue weighted by Crippen LogP contribution is -2.54. The molecule has 0 spiro atoms. The summed E-state index contributed by atoms with van der Waals surface area (Å²) in [5.41, 5.74) is -1.04. The first kappa shape index (κ1) is 14.0. The number of hydrogen-bond acceptors (Lipinski definition) is 2. The summed E-state index contributed by atoms with van der Waals surface area (Å²) in [6, 6.07) is 3.82. The van der Waals surface area contributed by atoms with Crippen LogP contribution < -0.4 is 5.32 Å². The van der Waals surface area contributed by atoms with Crippen LogP contribution >= 0.6 is 15.9 Å². The number of carboxylic acid groups (broad SMARTS) is 1. The van der Waals surface area contributed by atoms with Crippen LogP contribution in [0.4, 0.5) is 4.39 Å². The van der Waals surface area contributed by atoms with Crippen molar-refractivity contribution in [2.45, 2.75) is 25.3 Å². The van der Waals surface area contributed by atoms with E-state index in [1.807, 2.05) is 0 Å². The zero-order chi connectivity index (χ0) is 14.2. The molecule has 102 valence electrons. The van der Waals surface area contributed by atoms with E-state index in [9.17, 15) is 19.1 Å². The third-order valence-corrected chi connectivity index (χ3v) is 4.00. The molecule has 2 rings (SSSR count). The van der Waals surface area contributed by atoms with Gasteiger partial charge in [0.15, 0.2) is 0 Å². The van der Waals surface area contributed by atoms with Crippen LogP contribution in [-0.2, 0) is 4.79 Å². The van der Waals surface area contributed by atoms with Gasteiger partial charge in [-0.3, -0.25) is 4.79 Å². The molecule has 1 aromatic carbocycles. The molecule has 1 aliphatic rings. The van der Waals surface area contributed by atoms with E-state index in [1.54, 1.807) is 0 Å². The maximum Gasteiger partial charge on any atom is 0.329 e. The second-order valence-electron chi connectivity index (χ2n) is 4.86. The molecule has 1 aliphatic carbocycles. The van der Waals surface area contributed by atoms with Gasteiger partial charge in [0.1, 0.15) is 11.4 Å². The molecule has 4 nitrogen and oxygen atoms in total. The molecule has 0 aromatic heterocycles. The van der Waals surface area contributed by atoms with Crippen molar-refractivity contribution in [2.24, 2.45) is 5.92 Å². The topological polar surface area (TPSA) is 66.4 Å². The van der Waals surface area contributed by atoms with E-state index in [4.69, 9.17) is 0 Å². The summed E-state index contributed by atoms with van der Waals surface area (Å²) in [5.74, 6) is -2.08. The molecule has 0 heterocycles. The van der Waals surface area contributed by atoms with Gasteiger partial charge >= 0.3 is 5.97 Å². The van der Waals surface area contributed by atoms with Gasteiger partial charge in [-0.05, 0) is 59.8 Å². The smallest absolute Gasteiger partial charge is 0.329 e. The van der Waals surface area contributed by atoms with Crippen LogP contribution in [0.3, 0.4) is 0 Å². The van der Waals surface area contributed by atoms with Crippen LogP contribution in [0.1, 0.15) is 30.1 Å². The summed E-state index contributed by atoms with van der Waals surface area (Å²) in [4.78, 5) is 23.3. The highest BCUT2D eigenvalue weighted by molar-refractivity contribution is 9.10. The highest BCUT2D eigenvalue weighted by Crippen LogP contribution is 2.39. The number of aliphatic carboxylic acids is 1. The summed E-state index contributed by atoms with van der Waals surface area (Å²) < 4.78 is 13.3. The van der Waals surface area contributed by atoms with Crippen molar-refractivity contribution in [2.75, 3.05) is 0 Å². The molecule has 0 radical (unpaired) electrons. The quantitative estimate of drug-likeness (QED) is 0.892. The third kappa shape index (κ3) is 2.78. The van der Waals surface area contributed by atoms with Crippen molar-refractivity contribution in [3.8, 4) is 0 Å². The van der Waals surface area contributed by atoms with Crippen molar-refractivity contribution < 1.29 is 19.1 Å². The molecule has 1 fully saturated rings. The number of carbonyl (C=O) groups excluding carboxylic acids is 1. The van der Waals surface area contributed by atoms with Gasteiger partial charge in [0.2, 0.25) is 0 Å². The van der Waals surface area contributed by atoms with E-state index in [1.165, 1.54) is 19.1 Å². The van der Waals surface area contributed by atoms with Crippen LogP contribution in [0.5, 0.6) is 0 Å². The highest BCUT2D eigenvalue weighted by atomic mass is 79.9. The van der Waals surface area contributed by atoms with Gasteiger partial charge in [0, 0.05) is 5.56 Å². The van der Waals surface area contributed by atoms with E-state index in [2.05, 4.69) is 21.2 Å². The Morgan fingerprint density at radius 3 is 2.58 bits per heavy atom. The fourth-order valence-corrected chi connectivity index (χ4v) is 2.32. The van der Waals surface area contributed by atoms with E-state index in [0.29, 0.717) is 0 Å². The molecule has 2 N–H and O–H groups in total. The molecule has 1 atom stereocenters. The van der Waals surface area contributed by atoms with Crippen LogP contribution in [0, 0.1) is 11.7 Å². The van der Waals surface area contributed by atoms with E-state index in [0.717, 1.165) is 18.9 Å². The summed E-state index contributed by atoms with van der Waals surface area (Å²) in [6.07, 6.45) is 1.58. The molecular weight excluding hydrogens is 317 g/mol. The van der Waals surface area contributed by atoms with Crippen molar-refractivity contribution in [3.05, 3.63) is 34.1 Å². The van der Waals surface area contributed by atoms with Crippen LogP contribution in [-0.4, -0.2) is 22.5 Å². The van der Waals surface area contributed by atoms with Crippen molar-refractivity contribution in [3.63, 3.8) is 0 Å². The normalized spacial score (nSPS) is 17.6. The fourth-order valence-electron chi connectivity index (χ4n) is 1.94.